The molecule has 0 spiro atoms. The number of nitrogens with one attached hydrogen (secondary N) is 2. The van der Waals surface area contributed by atoms with Crippen molar-refractivity contribution in [3.05, 3.63) is 29.3 Å². The van der Waals surface area contributed by atoms with Gasteiger partial charge in [0.25, 0.3) is 0 Å². The summed E-state index contributed by atoms with van der Waals surface area (Å²) >= 11 is 2.79. The first kappa shape index (κ1) is 16.9. The number of carbonyl (C=O) groups excluding carboxylic acids is 2. The molecule has 8 heteroatoms. The fourth-order valence-corrected chi connectivity index (χ4v) is 4.38. The molecule has 2 heterocycles. The monoisotopic (exact) mass is 362 g/mol. The Balaban J connectivity index is 1.59. The quantitative estimate of drug-likeness (QED) is 0.853. The van der Waals surface area contributed by atoms with E-state index >= 15 is 0 Å². The van der Waals surface area contributed by atoms with Crippen molar-refractivity contribution in [2.45, 2.75) is 36.8 Å². The Kier molecular flexibility index (Phi) is 5.15. The van der Waals surface area contributed by atoms with Crippen LogP contribution in [0.5, 0.6) is 0 Å². The standard InChI is InChI=1S/C16H18N4O2S2/c1-9(2)7-14-19-20-16(24-14)18-13(21)8-12-15(22)17-10-5-3-4-6-11(10)23-12/h3-6,9,12H,7-8H2,1-2H3,(H,17,22)(H,18,20,21). The van der Waals surface area contributed by atoms with Crippen molar-refractivity contribution in [1.82, 2.24) is 10.2 Å². The van der Waals surface area contributed by atoms with E-state index in [1.165, 1.54) is 23.1 Å². The minimum atomic E-state index is -0.442. The summed E-state index contributed by atoms with van der Waals surface area (Å²) in [4.78, 5) is 25.3. The lowest BCUT2D eigenvalue weighted by atomic mass is 10.1. The molecule has 6 nitrogen and oxygen atoms in total. The smallest absolute Gasteiger partial charge is 0.238 e. The van der Waals surface area contributed by atoms with Crippen LogP contribution in [0, 0.1) is 5.92 Å². The molecule has 0 radical (unpaired) electrons. The maximum Gasteiger partial charge on any atom is 0.238 e. The van der Waals surface area contributed by atoms with Crippen molar-refractivity contribution in [2.75, 3.05) is 10.6 Å². The number of hydrogen-bond acceptors (Lipinski definition) is 6. The Bertz CT molecular complexity index is 760. The average Bonchev–Trinajstić information content (AvgIpc) is 2.94. The predicted molar refractivity (Wildman–Crippen MR) is 96.4 cm³/mol. The first-order chi connectivity index (χ1) is 11.5. The highest BCUT2D eigenvalue weighted by molar-refractivity contribution is 8.01. The van der Waals surface area contributed by atoms with Gasteiger partial charge < -0.3 is 10.6 Å². The zero-order chi connectivity index (χ0) is 17.1. The number of nitrogens with zero attached hydrogens (tertiary/aromatic N) is 2. The van der Waals surface area contributed by atoms with Gasteiger partial charge in [-0.3, -0.25) is 9.59 Å². The van der Waals surface area contributed by atoms with Gasteiger partial charge in [-0.25, -0.2) is 0 Å². The lowest BCUT2D eigenvalue weighted by molar-refractivity contribution is -0.120. The van der Waals surface area contributed by atoms with Gasteiger partial charge in [0.05, 0.1) is 10.9 Å². The first-order valence-corrected chi connectivity index (χ1v) is 9.39. The average molecular weight is 362 g/mol. The second kappa shape index (κ2) is 7.31. The van der Waals surface area contributed by atoms with Crippen molar-refractivity contribution >= 4 is 45.7 Å². The molecule has 0 bridgehead atoms. The maximum absolute atomic E-state index is 12.2. The second-order valence-electron chi connectivity index (χ2n) is 5.94. The molecule has 2 N–H and O–H groups in total. The molecule has 0 saturated heterocycles. The van der Waals surface area contributed by atoms with Crippen LogP contribution in [0.1, 0.15) is 25.3 Å². The van der Waals surface area contributed by atoms with Gasteiger partial charge in [0, 0.05) is 17.7 Å². The lowest BCUT2D eigenvalue weighted by Gasteiger charge is -2.23. The Hall–Kier alpha value is -1.93. The van der Waals surface area contributed by atoms with E-state index in [4.69, 9.17) is 0 Å². The molecule has 0 fully saturated rings. The number of para-hydroxylation sites is 1. The van der Waals surface area contributed by atoms with Gasteiger partial charge >= 0.3 is 0 Å². The van der Waals surface area contributed by atoms with Crippen LogP contribution in [0.3, 0.4) is 0 Å². The number of thioether (sulfide) groups is 1. The number of aromatic nitrogens is 2. The van der Waals surface area contributed by atoms with Crippen LogP contribution >= 0.6 is 23.1 Å². The van der Waals surface area contributed by atoms with Crippen molar-refractivity contribution < 1.29 is 9.59 Å². The van der Waals surface area contributed by atoms with E-state index < -0.39 is 5.25 Å². The van der Waals surface area contributed by atoms with Gasteiger partial charge in [0.2, 0.25) is 16.9 Å². The summed E-state index contributed by atoms with van der Waals surface area (Å²) in [5.41, 5.74) is 0.798. The zero-order valence-electron chi connectivity index (χ0n) is 13.4. The number of hydrogen-bond donors (Lipinski definition) is 2. The van der Waals surface area contributed by atoms with Crippen LogP contribution in [0.4, 0.5) is 10.8 Å². The molecule has 0 saturated carbocycles. The number of amides is 2. The Labute approximate surface area is 148 Å². The first-order valence-electron chi connectivity index (χ1n) is 7.70. The normalized spacial score (nSPS) is 16.6. The number of anilines is 2. The maximum atomic E-state index is 12.2. The summed E-state index contributed by atoms with van der Waals surface area (Å²) in [6.45, 7) is 4.22. The molecule has 1 aliphatic heterocycles. The Morgan fingerprint density at radius 3 is 2.92 bits per heavy atom. The molecule has 1 aromatic heterocycles. The lowest BCUT2D eigenvalue weighted by Crippen LogP contribution is -2.32. The van der Waals surface area contributed by atoms with Crippen LogP contribution in [0.15, 0.2) is 29.2 Å². The second-order valence-corrected chi connectivity index (χ2v) is 8.25. The van der Waals surface area contributed by atoms with E-state index in [1.54, 1.807) is 0 Å². The molecule has 2 aromatic rings. The van der Waals surface area contributed by atoms with Crippen LogP contribution in [0.25, 0.3) is 0 Å². The third-order valence-corrected chi connectivity index (χ3v) is 5.51. The van der Waals surface area contributed by atoms with Crippen LogP contribution in [-0.4, -0.2) is 27.3 Å². The predicted octanol–water partition coefficient (Wildman–Crippen LogP) is 3.18. The molecular formula is C16H18N4O2S2. The highest BCUT2D eigenvalue weighted by Crippen LogP contribution is 2.36. The topological polar surface area (TPSA) is 84.0 Å². The molecule has 1 aromatic carbocycles. The number of fused-ring (bicyclic) bond motifs is 1. The molecule has 1 atom stereocenters. The third kappa shape index (κ3) is 4.12. The molecule has 0 aliphatic carbocycles. The number of carbonyl (C=O) groups is 2. The van der Waals surface area contributed by atoms with Crippen molar-refractivity contribution in [3.63, 3.8) is 0 Å². The highest BCUT2D eigenvalue weighted by atomic mass is 32.2. The molecule has 1 unspecified atom stereocenters. The van der Waals surface area contributed by atoms with E-state index in [1.807, 2.05) is 24.3 Å². The van der Waals surface area contributed by atoms with E-state index in [-0.39, 0.29) is 18.2 Å². The summed E-state index contributed by atoms with van der Waals surface area (Å²) < 4.78 is 0. The molecule has 3 rings (SSSR count). The summed E-state index contributed by atoms with van der Waals surface area (Å²) in [6.07, 6.45) is 0.940. The Morgan fingerprint density at radius 2 is 2.12 bits per heavy atom. The zero-order valence-corrected chi connectivity index (χ0v) is 15.0. The minimum Gasteiger partial charge on any atom is -0.324 e. The molecule has 1 aliphatic rings. The van der Waals surface area contributed by atoms with Gasteiger partial charge in [-0.1, -0.05) is 37.3 Å². The van der Waals surface area contributed by atoms with Crippen LogP contribution < -0.4 is 10.6 Å². The molecule has 24 heavy (non-hydrogen) atoms. The van der Waals surface area contributed by atoms with E-state index in [0.717, 1.165) is 22.0 Å². The van der Waals surface area contributed by atoms with Gasteiger partial charge in [0.15, 0.2) is 0 Å². The fourth-order valence-electron chi connectivity index (χ4n) is 2.30. The van der Waals surface area contributed by atoms with Gasteiger partial charge in [-0.2, -0.15) is 0 Å². The highest BCUT2D eigenvalue weighted by Gasteiger charge is 2.29. The van der Waals surface area contributed by atoms with E-state index in [0.29, 0.717) is 11.0 Å². The molecule has 126 valence electrons. The van der Waals surface area contributed by atoms with Gasteiger partial charge in [0.1, 0.15) is 5.01 Å². The van der Waals surface area contributed by atoms with Gasteiger partial charge in [-0.15, -0.1) is 22.0 Å². The third-order valence-electron chi connectivity index (χ3n) is 3.37. The fraction of sp³-hybridized carbons (Fsp3) is 0.375. The molecule has 2 amide bonds. The van der Waals surface area contributed by atoms with Crippen molar-refractivity contribution in [3.8, 4) is 0 Å². The summed E-state index contributed by atoms with van der Waals surface area (Å²) in [7, 11) is 0. The summed E-state index contributed by atoms with van der Waals surface area (Å²) in [6, 6.07) is 7.58. The minimum absolute atomic E-state index is 0.101. The van der Waals surface area contributed by atoms with E-state index in [9.17, 15) is 9.59 Å². The van der Waals surface area contributed by atoms with Crippen molar-refractivity contribution in [2.24, 2.45) is 5.92 Å². The SMILES string of the molecule is CC(C)Cc1nnc(NC(=O)CC2Sc3ccccc3NC2=O)s1. The number of benzene rings is 1. The van der Waals surface area contributed by atoms with Crippen LogP contribution in [-0.2, 0) is 16.0 Å². The summed E-state index contributed by atoms with van der Waals surface area (Å²) in [5.74, 6) is 0.116. The van der Waals surface area contributed by atoms with E-state index in [2.05, 4.69) is 34.7 Å². The summed E-state index contributed by atoms with van der Waals surface area (Å²) in [5, 5.41) is 14.6. The number of rotatable bonds is 5. The van der Waals surface area contributed by atoms with Crippen molar-refractivity contribution in [1.29, 1.82) is 0 Å². The largest absolute Gasteiger partial charge is 0.324 e. The molecular weight excluding hydrogens is 344 g/mol. The van der Waals surface area contributed by atoms with Crippen LogP contribution in [0.2, 0.25) is 0 Å². The van der Waals surface area contributed by atoms with Gasteiger partial charge in [-0.05, 0) is 18.1 Å². The Morgan fingerprint density at radius 1 is 1.33 bits per heavy atom.